The molecule has 1 aliphatic rings. The number of primary amides is 1. The van der Waals surface area contributed by atoms with Crippen LogP contribution in [0.4, 0.5) is 4.79 Å². The molecule has 1 rings (SSSR count). The Bertz CT molecular complexity index is 536. The average molecular weight is 399 g/mol. The highest BCUT2D eigenvalue weighted by atomic mass is 16.6. The highest BCUT2D eigenvalue weighted by Gasteiger charge is 2.23. The summed E-state index contributed by atoms with van der Waals surface area (Å²) < 4.78 is 5.35. The maximum Gasteiger partial charge on any atom is 0.407 e. The Hall–Kier alpha value is -2.03. The van der Waals surface area contributed by atoms with Crippen molar-refractivity contribution in [2.45, 2.75) is 65.1 Å². The van der Waals surface area contributed by atoms with Crippen LogP contribution in [0.3, 0.4) is 0 Å². The minimum Gasteiger partial charge on any atom is -0.444 e. The first kappa shape index (κ1) is 24.0. The standard InChI is InChI=1S/C19H38N6O3/c1-13(2)15(24-18(27)28-19(3,4)5)11-22-17(21-6)23-14-7-9-25(10-8-14)12-16(20)26/h13-15H,7-12H2,1-6H3,(H2,20,26)(H,24,27)(H2,21,22,23). The Morgan fingerprint density at radius 3 is 2.32 bits per heavy atom. The number of amides is 2. The van der Waals surface area contributed by atoms with E-state index in [1.165, 1.54) is 0 Å². The zero-order chi connectivity index (χ0) is 21.3. The molecule has 28 heavy (non-hydrogen) atoms. The van der Waals surface area contributed by atoms with Crippen LogP contribution in [0.5, 0.6) is 0 Å². The Morgan fingerprint density at radius 2 is 1.86 bits per heavy atom. The number of carbonyl (C=O) groups excluding carboxylic acids is 2. The summed E-state index contributed by atoms with van der Waals surface area (Å²) in [4.78, 5) is 29.4. The van der Waals surface area contributed by atoms with Crippen molar-refractivity contribution in [2.75, 3.05) is 33.2 Å². The number of aliphatic imine (C=N–C) groups is 1. The number of carbonyl (C=O) groups is 2. The molecule has 0 aromatic carbocycles. The molecule has 5 N–H and O–H groups in total. The highest BCUT2D eigenvalue weighted by molar-refractivity contribution is 5.80. The minimum atomic E-state index is -0.528. The van der Waals surface area contributed by atoms with E-state index in [-0.39, 0.29) is 23.9 Å². The van der Waals surface area contributed by atoms with Gasteiger partial charge in [0.25, 0.3) is 0 Å². The molecule has 0 aromatic heterocycles. The normalized spacial score (nSPS) is 17.9. The summed E-state index contributed by atoms with van der Waals surface area (Å²) in [5.74, 6) is 0.640. The fourth-order valence-corrected chi connectivity index (χ4v) is 2.96. The van der Waals surface area contributed by atoms with Crippen molar-refractivity contribution in [3.05, 3.63) is 0 Å². The molecule has 1 saturated heterocycles. The van der Waals surface area contributed by atoms with Crippen LogP contribution < -0.4 is 21.7 Å². The number of piperidine rings is 1. The molecule has 0 radical (unpaired) electrons. The minimum absolute atomic E-state index is 0.0918. The third kappa shape index (κ3) is 9.77. The van der Waals surface area contributed by atoms with Gasteiger partial charge < -0.3 is 26.4 Å². The number of nitrogens with one attached hydrogen (secondary N) is 3. The molecule has 9 nitrogen and oxygen atoms in total. The topological polar surface area (TPSA) is 121 Å². The zero-order valence-corrected chi connectivity index (χ0v) is 18.2. The molecular weight excluding hydrogens is 360 g/mol. The summed E-state index contributed by atoms with van der Waals surface area (Å²) in [6.07, 6.45) is 1.41. The lowest BCUT2D eigenvalue weighted by molar-refractivity contribution is -0.119. The number of hydrogen-bond donors (Lipinski definition) is 4. The predicted molar refractivity (Wildman–Crippen MR) is 111 cm³/mol. The Kier molecular flexibility index (Phi) is 9.51. The number of rotatable bonds is 7. The van der Waals surface area contributed by atoms with E-state index in [2.05, 4.69) is 25.8 Å². The monoisotopic (exact) mass is 398 g/mol. The van der Waals surface area contributed by atoms with Crippen LogP contribution in [0, 0.1) is 5.92 Å². The lowest BCUT2D eigenvalue weighted by Gasteiger charge is -2.32. The summed E-state index contributed by atoms with van der Waals surface area (Å²) in [6.45, 7) is 12.1. The van der Waals surface area contributed by atoms with Crippen molar-refractivity contribution in [3.63, 3.8) is 0 Å². The molecule has 1 heterocycles. The second-order valence-corrected chi connectivity index (χ2v) is 8.61. The van der Waals surface area contributed by atoms with Gasteiger partial charge in [0.05, 0.1) is 12.6 Å². The average Bonchev–Trinajstić information content (AvgIpc) is 2.56. The van der Waals surface area contributed by atoms with Gasteiger partial charge in [-0.05, 0) is 39.5 Å². The molecule has 162 valence electrons. The third-order valence-electron chi connectivity index (χ3n) is 4.53. The van der Waals surface area contributed by atoms with E-state index in [0.717, 1.165) is 25.9 Å². The van der Waals surface area contributed by atoms with Gasteiger partial charge in [-0.15, -0.1) is 0 Å². The number of nitrogens with zero attached hydrogens (tertiary/aromatic N) is 2. The summed E-state index contributed by atoms with van der Waals surface area (Å²) in [6, 6.07) is 0.192. The van der Waals surface area contributed by atoms with Crippen molar-refractivity contribution in [2.24, 2.45) is 16.6 Å². The Balaban J connectivity index is 2.46. The summed E-state index contributed by atoms with van der Waals surface area (Å²) in [7, 11) is 1.73. The fourth-order valence-electron chi connectivity index (χ4n) is 2.96. The first-order chi connectivity index (χ1) is 13.0. The molecule has 0 spiro atoms. The van der Waals surface area contributed by atoms with Crippen LogP contribution in [0.25, 0.3) is 0 Å². The van der Waals surface area contributed by atoms with Crippen molar-refractivity contribution in [1.82, 2.24) is 20.9 Å². The molecule has 0 aromatic rings. The van der Waals surface area contributed by atoms with Gasteiger partial charge in [0, 0.05) is 32.7 Å². The number of likely N-dealkylation sites (tertiary alicyclic amines) is 1. The first-order valence-electron chi connectivity index (χ1n) is 9.97. The molecule has 2 amide bonds. The van der Waals surface area contributed by atoms with E-state index in [4.69, 9.17) is 10.5 Å². The zero-order valence-electron chi connectivity index (χ0n) is 18.2. The van der Waals surface area contributed by atoms with Crippen LogP contribution in [0.1, 0.15) is 47.5 Å². The van der Waals surface area contributed by atoms with Gasteiger partial charge in [0.1, 0.15) is 5.60 Å². The fraction of sp³-hybridized carbons (Fsp3) is 0.842. The van der Waals surface area contributed by atoms with Crippen molar-refractivity contribution in [3.8, 4) is 0 Å². The van der Waals surface area contributed by atoms with Gasteiger partial charge in [-0.25, -0.2) is 4.79 Å². The van der Waals surface area contributed by atoms with Gasteiger partial charge in [-0.1, -0.05) is 13.8 Å². The van der Waals surface area contributed by atoms with Crippen molar-refractivity contribution >= 4 is 18.0 Å². The molecular formula is C19H38N6O3. The number of guanidine groups is 1. The summed E-state index contributed by atoms with van der Waals surface area (Å²) in [5, 5.41) is 9.63. The van der Waals surface area contributed by atoms with E-state index in [1.807, 2.05) is 34.6 Å². The second-order valence-electron chi connectivity index (χ2n) is 8.61. The highest BCUT2D eigenvalue weighted by Crippen LogP contribution is 2.10. The second kappa shape index (κ2) is 11.1. The van der Waals surface area contributed by atoms with Crippen LogP contribution in [-0.4, -0.2) is 73.8 Å². The summed E-state index contributed by atoms with van der Waals surface area (Å²) in [5.41, 5.74) is 4.73. The van der Waals surface area contributed by atoms with E-state index >= 15 is 0 Å². The van der Waals surface area contributed by atoms with Crippen LogP contribution >= 0.6 is 0 Å². The molecule has 0 bridgehead atoms. The van der Waals surface area contributed by atoms with E-state index < -0.39 is 11.7 Å². The first-order valence-corrected chi connectivity index (χ1v) is 9.97. The third-order valence-corrected chi connectivity index (χ3v) is 4.53. The van der Waals surface area contributed by atoms with Crippen LogP contribution in [0.15, 0.2) is 4.99 Å². The smallest absolute Gasteiger partial charge is 0.407 e. The number of nitrogens with two attached hydrogens (primary N) is 1. The lowest BCUT2D eigenvalue weighted by Crippen LogP contribution is -2.53. The lowest BCUT2D eigenvalue weighted by atomic mass is 10.0. The molecule has 0 saturated carbocycles. The maximum absolute atomic E-state index is 12.1. The Morgan fingerprint density at radius 1 is 1.25 bits per heavy atom. The van der Waals surface area contributed by atoms with Gasteiger partial charge in [0.2, 0.25) is 5.91 Å². The van der Waals surface area contributed by atoms with E-state index in [1.54, 1.807) is 7.05 Å². The van der Waals surface area contributed by atoms with Crippen molar-refractivity contribution < 1.29 is 14.3 Å². The van der Waals surface area contributed by atoms with Gasteiger partial charge in [0.15, 0.2) is 5.96 Å². The number of ether oxygens (including phenoxy) is 1. The number of hydrogen-bond acceptors (Lipinski definition) is 5. The van der Waals surface area contributed by atoms with Gasteiger partial charge >= 0.3 is 6.09 Å². The number of alkyl carbamates (subject to hydrolysis) is 1. The molecule has 1 unspecified atom stereocenters. The molecule has 0 aliphatic carbocycles. The van der Waals surface area contributed by atoms with Crippen molar-refractivity contribution in [1.29, 1.82) is 0 Å². The van der Waals surface area contributed by atoms with Gasteiger partial charge in [-0.3, -0.25) is 14.7 Å². The van der Waals surface area contributed by atoms with Gasteiger partial charge in [-0.2, -0.15) is 0 Å². The van der Waals surface area contributed by atoms with Crippen LogP contribution in [-0.2, 0) is 9.53 Å². The van der Waals surface area contributed by atoms with E-state index in [9.17, 15) is 9.59 Å². The molecule has 9 heteroatoms. The van der Waals surface area contributed by atoms with E-state index in [0.29, 0.717) is 19.0 Å². The van der Waals surface area contributed by atoms with Crippen LogP contribution in [0.2, 0.25) is 0 Å². The Labute approximate surface area is 168 Å². The quantitative estimate of drug-likeness (QED) is 0.369. The molecule has 1 fully saturated rings. The summed E-state index contributed by atoms with van der Waals surface area (Å²) >= 11 is 0. The largest absolute Gasteiger partial charge is 0.444 e. The SMILES string of the molecule is CN=C(NCC(NC(=O)OC(C)(C)C)C(C)C)NC1CCN(CC(N)=O)CC1. The predicted octanol–water partition coefficient (Wildman–Crippen LogP) is 0.650. The maximum atomic E-state index is 12.1. The molecule has 1 aliphatic heterocycles. The molecule has 1 atom stereocenters.